The van der Waals surface area contributed by atoms with E-state index < -0.39 is 6.03 Å². The monoisotopic (exact) mass is 583 g/mol. The number of carbonyl (C=O) groups is 2. The summed E-state index contributed by atoms with van der Waals surface area (Å²) in [6, 6.07) is 29.6. The van der Waals surface area contributed by atoms with E-state index in [-0.39, 0.29) is 11.9 Å². The molecule has 0 spiro atoms. The van der Waals surface area contributed by atoms with Crippen LogP contribution in [0.1, 0.15) is 28.9 Å². The number of methoxy groups -OCH3 is 1. The zero-order chi connectivity index (χ0) is 29.5. The molecule has 1 atom stereocenters. The summed E-state index contributed by atoms with van der Waals surface area (Å²) < 4.78 is 5.57. The quantitative estimate of drug-likeness (QED) is 0.212. The summed E-state index contributed by atoms with van der Waals surface area (Å²) in [5, 5.41) is 9.28. The number of rotatable bonds is 8. The number of hydrogen-bond acceptors (Lipinski definition) is 5. The van der Waals surface area contributed by atoms with Crippen molar-refractivity contribution in [3.63, 3.8) is 0 Å². The Hall–Kier alpha value is -4.69. The predicted molar refractivity (Wildman–Crippen MR) is 170 cm³/mol. The lowest BCUT2D eigenvalue weighted by Crippen LogP contribution is -2.47. The fraction of sp³-hybridized carbons (Fsp3) is 0.212. The molecule has 0 saturated carbocycles. The molecular formula is C33H34ClN5O3. The summed E-state index contributed by atoms with van der Waals surface area (Å²) in [4.78, 5) is 31.0. The van der Waals surface area contributed by atoms with E-state index in [4.69, 9.17) is 16.3 Å². The van der Waals surface area contributed by atoms with Crippen molar-refractivity contribution in [3.8, 4) is 5.75 Å². The first-order valence-corrected chi connectivity index (χ1v) is 14.3. The van der Waals surface area contributed by atoms with E-state index >= 15 is 0 Å². The molecule has 1 heterocycles. The topological polar surface area (TPSA) is 85.9 Å². The Morgan fingerprint density at radius 2 is 1.40 bits per heavy atom. The third kappa shape index (κ3) is 6.95. The largest absolute Gasteiger partial charge is 0.495 e. The van der Waals surface area contributed by atoms with E-state index in [1.807, 2.05) is 67.6 Å². The Kier molecular flexibility index (Phi) is 9.14. The van der Waals surface area contributed by atoms with Gasteiger partial charge in [-0.15, -0.1) is 0 Å². The number of piperazine rings is 1. The van der Waals surface area contributed by atoms with Crippen LogP contribution in [0.4, 0.5) is 27.5 Å². The maximum absolute atomic E-state index is 13.7. The molecule has 5 rings (SSSR count). The molecule has 3 amide bonds. The van der Waals surface area contributed by atoms with Gasteiger partial charge in [0.05, 0.1) is 24.4 Å². The molecule has 8 nitrogen and oxygen atoms in total. The number of ether oxygens (including phenoxy) is 1. The molecule has 4 aromatic carbocycles. The first-order chi connectivity index (χ1) is 20.4. The molecule has 0 bridgehead atoms. The Morgan fingerprint density at radius 1 is 0.762 bits per heavy atom. The summed E-state index contributed by atoms with van der Waals surface area (Å²) in [5.41, 5.74) is 4.44. The fourth-order valence-electron chi connectivity index (χ4n) is 5.11. The number of para-hydroxylation sites is 2. The highest BCUT2D eigenvalue weighted by Crippen LogP contribution is 2.31. The summed E-state index contributed by atoms with van der Waals surface area (Å²) in [6.45, 7) is 4.93. The number of nitrogens with zero attached hydrogens (tertiary/aromatic N) is 2. The molecule has 0 aromatic heterocycles. The molecule has 3 N–H and O–H groups in total. The van der Waals surface area contributed by atoms with Crippen molar-refractivity contribution in [2.75, 3.05) is 53.7 Å². The van der Waals surface area contributed by atoms with Gasteiger partial charge >= 0.3 is 6.03 Å². The summed E-state index contributed by atoms with van der Waals surface area (Å²) in [6.07, 6.45) is 0. The maximum Gasteiger partial charge on any atom is 0.323 e. The Balaban J connectivity index is 1.36. The molecule has 216 valence electrons. The minimum atomic E-state index is -0.431. The molecule has 42 heavy (non-hydrogen) atoms. The first kappa shape index (κ1) is 28.8. The molecule has 0 radical (unpaired) electrons. The van der Waals surface area contributed by atoms with Crippen molar-refractivity contribution in [2.45, 2.75) is 13.0 Å². The zero-order valence-corrected chi connectivity index (χ0v) is 24.4. The molecule has 1 aliphatic heterocycles. The summed E-state index contributed by atoms with van der Waals surface area (Å²) in [5.74, 6) is 0.625. The highest BCUT2D eigenvalue weighted by atomic mass is 35.5. The number of urea groups is 1. The van der Waals surface area contributed by atoms with E-state index in [9.17, 15) is 9.59 Å². The number of anilines is 4. The van der Waals surface area contributed by atoms with Crippen molar-refractivity contribution in [2.24, 2.45) is 0 Å². The van der Waals surface area contributed by atoms with Crippen LogP contribution in [0, 0.1) is 0 Å². The third-order valence-corrected chi connectivity index (χ3v) is 7.51. The van der Waals surface area contributed by atoms with E-state index in [0.29, 0.717) is 35.1 Å². The van der Waals surface area contributed by atoms with Gasteiger partial charge in [0.15, 0.2) is 0 Å². The van der Waals surface area contributed by atoms with Crippen molar-refractivity contribution >= 4 is 46.3 Å². The first-order valence-electron chi connectivity index (χ1n) is 13.9. The summed E-state index contributed by atoms with van der Waals surface area (Å²) >= 11 is 6.05. The average Bonchev–Trinajstić information content (AvgIpc) is 3.01. The average molecular weight is 584 g/mol. The highest BCUT2D eigenvalue weighted by molar-refractivity contribution is 6.30. The van der Waals surface area contributed by atoms with E-state index in [1.165, 1.54) is 0 Å². The van der Waals surface area contributed by atoms with Gasteiger partial charge in [0, 0.05) is 48.3 Å². The second-order valence-electron chi connectivity index (χ2n) is 10.1. The molecule has 9 heteroatoms. The number of nitrogens with one attached hydrogen (secondary N) is 3. The molecule has 4 aromatic rings. The van der Waals surface area contributed by atoms with E-state index in [1.54, 1.807) is 37.4 Å². The van der Waals surface area contributed by atoms with Gasteiger partial charge < -0.3 is 30.5 Å². The lowest BCUT2D eigenvalue weighted by molar-refractivity contribution is 0.0940. The maximum atomic E-state index is 13.7. The molecule has 1 saturated heterocycles. The SMILES string of the molecule is COc1ccccc1N1CCN(c2ccc(NC(=O)Nc3cccc(Cl)c3)cc2C(=O)NC(C)c2ccccc2)CC1. The molecular weight excluding hydrogens is 550 g/mol. The Morgan fingerprint density at radius 3 is 2.10 bits per heavy atom. The van der Waals surface area contributed by atoms with Gasteiger partial charge in [0.1, 0.15) is 5.75 Å². The summed E-state index contributed by atoms with van der Waals surface area (Å²) in [7, 11) is 1.68. The third-order valence-electron chi connectivity index (χ3n) is 7.27. The van der Waals surface area contributed by atoms with Crippen LogP contribution in [0.3, 0.4) is 0 Å². The molecule has 0 aliphatic carbocycles. The van der Waals surface area contributed by atoms with E-state index in [2.05, 4.69) is 31.8 Å². The number of halogens is 1. The van der Waals surface area contributed by atoms with Crippen LogP contribution < -0.4 is 30.5 Å². The zero-order valence-electron chi connectivity index (χ0n) is 23.6. The van der Waals surface area contributed by atoms with Crippen LogP contribution in [0.2, 0.25) is 5.02 Å². The van der Waals surface area contributed by atoms with Crippen LogP contribution in [0.25, 0.3) is 0 Å². The van der Waals surface area contributed by atoms with Gasteiger partial charge in [0.25, 0.3) is 5.91 Å². The minimum absolute atomic E-state index is 0.198. The molecule has 1 fully saturated rings. The highest BCUT2D eigenvalue weighted by Gasteiger charge is 2.24. The normalized spacial score (nSPS) is 13.7. The van der Waals surface area contributed by atoms with Crippen LogP contribution >= 0.6 is 11.6 Å². The van der Waals surface area contributed by atoms with Crippen molar-refractivity contribution < 1.29 is 14.3 Å². The Labute approximate surface area is 251 Å². The van der Waals surface area contributed by atoms with Gasteiger partial charge in [-0.05, 0) is 61.0 Å². The predicted octanol–water partition coefficient (Wildman–Crippen LogP) is 6.81. The smallest absolute Gasteiger partial charge is 0.323 e. The van der Waals surface area contributed by atoms with Crippen LogP contribution in [-0.4, -0.2) is 45.2 Å². The van der Waals surface area contributed by atoms with Crippen LogP contribution in [0.15, 0.2) is 97.1 Å². The fourth-order valence-corrected chi connectivity index (χ4v) is 5.30. The van der Waals surface area contributed by atoms with Crippen molar-refractivity contribution in [1.29, 1.82) is 0 Å². The van der Waals surface area contributed by atoms with Crippen molar-refractivity contribution in [3.05, 3.63) is 113 Å². The molecule has 1 aliphatic rings. The van der Waals surface area contributed by atoms with Gasteiger partial charge in [0.2, 0.25) is 0 Å². The lowest BCUT2D eigenvalue weighted by atomic mass is 10.1. The van der Waals surface area contributed by atoms with Gasteiger partial charge in [-0.2, -0.15) is 0 Å². The second kappa shape index (κ2) is 13.3. The standard InChI is InChI=1S/C33H34ClN5O3/c1-23(24-9-4-3-5-10-24)35-32(40)28-22-27(37-33(41)36-26-12-8-11-25(34)21-26)15-16-29(28)38-17-19-39(20-18-38)30-13-6-7-14-31(30)42-2/h3-16,21-23H,17-20H2,1-2H3,(H,35,40)(H2,36,37,41). The van der Waals surface area contributed by atoms with Crippen LogP contribution in [0.5, 0.6) is 5.75 Å². The number of amides is 3. The minimum Gasteiger partial charge on any atom is -0.495 e. The number of hydrogen-bond donors (Lipinski definition) is 3. The van der Waals surface area contributed by atoms with Crippen LogP contribution in [-0.2, 0) is 0 Å². The second-order valence-corrected chi connectivity index (χ2v) is 10.5. The molecule has 1 unspecified atom stereocenters. The Bertz CT molecular complexity index is 1540. The lowest BCUT2D eigenvalue weighted by Gasteiger charge is -2.38. The number of carbonyl (C=O) groups excluding carboxylic acids is 2. The van der Waals surface area contributed by atoms with Crippen molar-refractivity contribution in [1.82, 2.24) is 5.32 Å². The van der Waals surface area contributed by atoms with Gasteiger partial charge in [-0.25, -0.2) is 4.79 Å². The van der Waals surface area contributed by atoms with Gasteiger partial charge in [-0.1, -0.05) is 60.1 Å². The number of benzene rings is 4. The van der Waals surface area contributed by atoms with E-state index in [0.717, 1.165) is 35.8 Å². The van der Waals surface area contributed by atoms with Gasteiger partial charge in [-0.3, -0.25) is 4.79 Å².